The van der Waals surface area contributed by atoms with Crippen LogP contribution in [0, 0.1) is 6.92 Å². The van der Waals surface area contributed by atoms with E-state index in [2.05, 4.69) is 42.1 Å². The molecule has 0 spiro atoms. The Morgan fingerprint density at radius 1 is 1.44 bits per heavy atom. The summed E-state index contributed by atoms with van der Waals surface area (Å²) < 4.78 is 0. The van der Waals surface area contributed by atoms with Gasteiger partial charge in [0.2, 0.25) is 0 Å². The number of aromatic nitrogens is 1. The summed E-state index contributed by atoms with van der Waals surface area (Å²) in [6, 6.07) is 4.05. The van der Waals surface area contributed by atoms with Gasteiger partial charge in [-0.2, -0.15) is 0 Å². The van der Waals surface area contributed by atoms with E-state index in [4.69, 9.17) is 0 Å². The molecule has 1 saturated heterocycles. The quantitative estimate of drug-likeness (QED) is 0.906. The lowest BCUT2D eigenvalue weighted by Gasteiger charge is -2.25. The Labute approximate surface area is 113 Å². The van der Waals surface area contributed by atoms with Gasteiger partial charge in [0.1, 0.15) is 0 Å². The van der Waals surface area contributed by atoms with Crippen molar-refractivity contribution in [2.75, 3.05) is 5.75 Å². The standard InChI is InChI=1S/C14H21N3S/c1-4-14(5-2)10-18-13(17-14)16-9-12-11(3)7-6-8-15-12/h6-8H,4-5,9-10H2,1-3H3,(H,16,17). The van der Waals surface area contributed by atoms with Crippen LogP contribution >= 0.6 is 11.8 Å². The highest BCUT2D eigenvalue weighted by atomic mass is 32.2. The molecule has 1 aromatic rings. The molecule has 98 valence electrons. The average molecular weight is 263 g/mol. The van der Waals surface area contributed by atoms with Gasteiger partial charge in [0.05, 0.1) is 12.2 Å². The highest BCUT2D eigenvalue weighted by molar-refractivity contribution is 8.14. The average Bonchev–Trinajstić information content (AvgIpc) is 2.82. The summed E-state index contributed by atoms with van der Waals surface area (Å²) in [5.41, 5.74) is 2.53. The zero-order valence-electron chi connectivity index (χ0n) is 11.4. The number of nitrogens with zero attached hydrogens (tertiary/aromatic N) is 2. The Balaban J connectivity index is 2.02. The van der Waals surface area contributed by atoms with Crippen LogP contribution in [0.15, 0.2) is 23.3 Å². The van der Waals surface area contributed by atoms with E-state index in [1.54, 1.807) is 0 Å². The van der Waals surface area contributed by atoms with Crippen molar-refractivity contribution in [3.63, 3.8) is 0 Å². The van der Waals surface area contributed by atoms with Gasteiger partial charge in [0.25, 0.3) is 0 Å². The zero-order chi connectivity index (χ0) is 13.0. The predicted octanol–water partition coefficient (Wildman–Crippen LogP) is 3.14. The van der Waals surface area contributed by atoms with Gasteiger partial charge >= 0.3 is 0 Å². The van der Waals surface area contributed by atoms with Gasteiger partial charge in [-0.05, 0) is 31.4 Å². The first-order chi connectivity index (χ1) is 8.69. The van der Waals surface area contributed by atoms with E-state index in [1.807, 2.05) is 24.0 Å². The minimum absolute atomic E-state index is 0.253. The lowest BCUT2D eigenvalue weighted by atomic mass is 9.96. The molecule has 0 unspecified atom stereocenters. The number of nitrogens with one attached hydrogen (secondary N) is 1. The number of aryl methyl sites for hydroxylation is 1. The summed E-state index contributed by atoms with van der Waals surface area (Å²) in [6.07, 6.45) is 4.14. The molecule has 18 heavy (non-hydrogen) atoms. The van der Waals surface area contributed by atoms with Crippen LogP contribution < -0.4 is 5.32 Å². The number of hydrogen-bond acceptors (Lipinski definition) is 3. The summed E-state index contributed by atoms with van der Waals surface area (Å²) >= 11 is 1.83. The monoisotopic (exact) mass is 263 g/mol. The van der Waals surface area contributed by atoms with Crippen molar-refractivity contribution in [2.45, 2.75) is 45.7 Å². The smallest absolute Gasteiger partial charge is 0.157 e. The van der Waals surface area contributed by atoms with Gasteiger partial charge < -0.3 is 5.32 Å². The molecule has 2 heterocycles. The molecule has 1 fully saturated rings. The van der Waals surface area contributed by atoms with Crippen molar-refractivity contribution in [3.05, 3.63) is 29.6 Å². The molecule has 2 rings (SSSR count). The Morgan fingerprint density at radius 3 is 2.83 bits per heavy atom. The van der Waals surface area contributed by atoms with E-state index in [-0.39, 0.29) is 5.54 Å². The SMILES string of the molecule is CCC1(CC)CSC(=NCc2ncccc2C)N1. The van der Waals surface area contributed by atoms with E-state index in [9.17, 15) is 0 Å². The van der Waals surface area contributed by atoms with Crippen molar-refractivity contribution < 1.29 is 0 Å². The molecule has 0 radical (unpaired) electrons. The first-order valence-corrected chi connectivity index (χ1v) is 7.53. The summed E-state index contributed by atoms with van der Waals surface area (Å²) in [4.78, 5) is 9.02. The Hall–Kier alpha value is -1.03. The van der Waals surface area contributed by atoms with Crippen LogP contribution in [-0.4, -0.2) is 21.4 Å². The fraction of sp³-hybridized carbons (Fsp3) is 0.571. The maximum atomic E-state index is 4.65. The van der Waals surface area contributed by atoms with Crippen molar-refractivity contribution in [2.24, 2.45) is 4.99 Å². The third-order valence-corrected chi connectivity index (χ3v) is 4.90. The molecule has 0 aromatic carbocycles. The number of thioether (sulfide) groups is 1. The predicted molar refractivity (Wildman–Crippen MR) is 79.0 cm³/mol. The molecule has 0 saturated carbocycles. The number of pyridine rings is 1. The molecular formula is C14H21N3S. The molecule has 1 N–H and O–H groups in total. The van der Waals surface area contributed by atoms with Gasteiger partial charge in [-0.1, -0.05) is 31.7 Å². The highest BCUT2D eigenvalue weighted by Gasteiger charge is 2.33. The summed E-state index contributed by atoms with van der Waals surface area (Å²) in [6.45, 7) is 7.23. The van der Waals surface area contributed by atoms with Crippen molar-refractivity contribution in [1.82, 2.24) is 10.3 Å². The van der Waals surface area contributed by atoms with Crippen LogP contribution in [-0.2, 0) is 6.54 Å². The van der Waals surface area contributed by atoms with E-state index in [1.165, 1.54) is 5.56 Å². The summed E-state index contributed by atoms with van der Waals surface area (Å²) in [7, 11) is 0. The molecule has 1 aliphatic heterocycles. The van der Waals surface area contributed by atoms with Gasteiger partial charge in [-0.25, -0.2) is 0 Å². The molecule has 0 aliphatic carbocycles. The second kappa shape index (κ2) is 5.74. The summed E-state index contributed by atoms with van der Waals surface area (Å²) in [5, 5.41) is 4.65. The van der Waals surface area contributed by atoms with E-state index in [0.717, 1.165) is 29.5 Å². The van der Waals surface area contributed by atoms with Gasteiger partial charge in [0, 0.05) is 17.5 Å². The fourth-order valence-corrected chi connectivity index (χ4v) is 3.39. The first-order valence-electron chi connectivity index (χ1n) is 6.55. The van der Waals surface area contributed by atoms with Crippen molar-refractivity contribution in [1.29, 1.82) is 0 Å². The molecule has 3 nitrogen and oxygen atoms in total. The molecule has 1 aliphatic rings. The van der Waals surface area contributed by atoms with Gasteiger partial charge in [0.15, 0.2) is 5.17 Å². The minimum Gasteiger partial charge on any atom is -0.359 e. The largest absolute Gasteiger partial charge is 0.359 e. The number of aliphatic imine (C=N–C) groups is 1. The number of hydrogen-bond donors (Lipinski definition) is 1. The number of amidine groups is 1. The van der Waals surface area contributed by atoms with E-state index >= 15 is 0 Å². The van der Waals surface area contributed by atoms with Crippen LogP contribution in [0.5, 0.6) is 0 Å². The molecule has 1 aromatic heterocycles. The summed E-state index contributed by atoms with van der Waals surface area (Å²) in [5.74, 6) is 1.13. The first kappa shape index (κ1) is 13.4. The van der Waals surface area contributed by atoms with Crippen LogP contribution in [0.3, 0.4) is 0 Å². The second-order valence-corrected chi connectivity index (χ2v) is 5.75. The Morgan fingerprint density at radius 2 is 2.22 bits per heavy atom. The minimum atomic E-state index is 0.253. The lowest BCUT2D eigenvalue weighted by molar-refractivity contribution is 0.407. The Bertz CT molecular complexity index is 438. The van der Waals surface area contributed by atoms with Crippen LogP contribution in [0.1, 0.15) is 37.9 Å². The van der Waals surface area contributed by atoms with Crippen LogP contribution in [0.2, 0.25) is 0 Å². The van der Waals surface area contributed by atoms with Crippen molar-refractivity contribution >= 4 is 16.9 Å². The molecule has 4 heteroatoms. The zero-order valence-corrected chi connectivity index (χ0v) is 12.2. The second-order valence-electron chi connectivity index (χ2n) is 4.79. The van der Waals surface area contributed by atoms with Crippen LogP contribution in [0.25, 0.3) is 0 Å². The maximum Gasteiger partial charge on any atom is 0.157 e. The van der Waals surface area contributed by atoms with Crippen LogP contribution in [0.4, 0.5) is 0 Å². The van der Waals surface area contributed by atoms with E-state index < -0.39 is 0 Å². The highest BCUT2D eigenvalue weighted by Crippen LogP contribution is 2.29. The van der Waals surface area contributed by atoms with Crippen molar-refractivity contribution in [3.8, 4) is 0 Å². The topological polar surface area (TPSA) is 37.3 Å². The molecule has 0 atom stereocenters. The normalized spacial score (nSPS) is 20.1. The molecular weight excluding hydrogens is 242 g/mol. The van der Waals surface area contributed by atoms with E-state index in [0.29, 0.717) is 6.54 Å². The maximum absolute atomic E-state index is 4.65. The molecule has 0 bridgehead atoms. The third-order valence-electron chi connectivity index (χ3n) is 3.70. The Kier molecular flexibility index (Phi) is 4.27. The third kappa shape index (κ3) is 2.86. The molecule has 0 amide bonds. The fourth-order valence-electron chi connectivity index (χ4n) is 2.05. The lowest BCUT2D eigenvalue weighted by Crippen LogP contribution is -2.42. The van der Waals surface area contributed by atoms with Gasteiger partial charge in [-0.3, -0.25) is 9.98 Å². The van der Waals surface area contributed by atoms with Gasteiger partial charge in [-0.15, -0.1) is 0 Å². The number of rotatable bonds is 4.